The Hall–Kier alpha value is -4.39. The maximum absolute atomic E-state index is 14.9. The summed E-state index contributed by atoms with van der Waals surface area (Å²) in [6, 6.07) is 17.0. The average Bonchev–Trinajstić information content (AvgIpc) is 3.51. The predicted molar refractivity (Wildman–Crippen MR) is 160 cm³/mol. The fourth-order valence-electron chi connectivity index (χ4n) is 5.10. The number of benzene rings is 3. The van der Waals surface area contributed by atoms with Crippen LogP contribution in [0.5, 0.6) is 5.75 Å². The number of aryl methyl sites for hydroxylation is 1. The lowest BCUT2D eigenvalue weighted by Gasteiger charge is -2.11. The summed E-state index contributed by atoms with van der Waals surface area (Å²) in [6.07, 6.45) is 3.00. The molecule has 0 radical (unpaired) electrons. The van der Waals surface area contributed by atoms with Crippen LogP contribution in [0.15, 0.2) is 70.9 Å². The van der Waals surface area contributed by atoms with E-state index in [1.807, 2.05) is 43.3 Å². The molecule has 0 amide bonds. The number of carbonyl (C=O) groups is 1. The number of carboxylic acid groups (broad SMARTS) is 1. The van der Waals surface area contributed by atoms with Crippen LogP contribution in [-0.2, 0) is 22.9 Å². The van der Waals surface area contributed by atoms with Crippen LogP contribution in [0.1, 0.15) is 45.7 Å². The van der Waals surface area contributed by atoms with Crippen LogP contribution in [-0.4, -0.2) is 39.4 Å². The highest BCUT2D eigenvalue weighted by Crippen LogP contribution is 2.39. The molecule has 4 N–H and O–H groups in total. The van der Waals surface area contributed by atoms with Crippen LogP contribution in [0.3, 0.4) is 0 Å². The van der Waals surface area contributed by atoms with E-state index in [1.54, 1.807) is 10.7 Å². The molecule has 12 heteroatoms. The third kappa shape index (κ3) is 5.94. The summed E-state index contributed by atoms with van der Waals surface area (Å²) in [5.74, 6) is -1.45. The highest BCUT2D eigenvalue weighted by molar-refractivity contribution is 7.89. The quantitative estimate of drug-likeness (QED) is 0.192. The fourth-order valence-corrected chi connectivity index (χ4v) is 6.46. The van der Waals surface area contributed by atoms with Crippen molar-refractivity contribution in [1.82, 2.24) is 14.8 Å². The van der Waals surface area contributed by atoms with E-state index in [-0.39, 0.29) is 17.9 Å². The molecule has 1 fully saturated rings. The van der Waals surface area contributed by atoms with Gasteiger partial charge in [0.1, 0.15) is 16.5 Å². The maximum atomic E-state index is 14.9. The minimum atomic E-state index is -4.23. The number of thiazole rings is 1. The summed E-state index contributed by atoms with van der Waals surface area (Å²) in [6.45, 7) is 1.83. The van der Waals surface area contributed by atoms with E-state index in [2.05, 4.69) is 4.98 Å². The van der Waals surface area contributed by atoms with Crippen LogP contribution in [0.2, 0.25) is 0 Å². The van der Waals surface area contributed by atoms with Gasteiger partial charge in [0.05, 0.1) is 11.4 Å². The summed E-state index contributed by atoms with van der Waals surface area (Å²) in [7, 11) is -4.23. The third-order valence-electron chi connectivity index (χ3n) is 7.51. The Balaban J connectivity index is 1.52. The molecule has 0 aliphatic heterocycles. The number of hydrogen-bond donors (Lipinski definition) is 3. The van der Waals surface area contributed by atoms with Gasteiger partial charge in [0.15, 0.2) is 5.69 Å². The van der Waals surface area contributed by atoms with Crippen molar-refractivity contribution in [3.63, 3.8) is 0 Å². The highest BCUT2D eigenvalue weighted by Gasteiger charge is 2.29. The van der Waals surface area contributed by atoms with Crippen molar-refractivity contribution in [2.75, 3.05) is 0 Å². The molecule has 9 nitrogen and oxygen atoms in total. The molecule has 0 atom stereocenters. The second-order valence-corrected chi connectivity index (χ2v) is 13.1. The van der Waals surface area contributed by atoms with Crippen molar-refractivity contribution in [2.45, 2.75) is 37.5 Å². The number of phenolic OH excluding ortho intramolecular Hbond substituents is 1. The number of rotatable bonds is 9. The monoisotopic (exact) mass is 618 g/mol. The first-order valence-electron chi connectivity index (χ1n) is 13.5. The summed E-state index contributed by atoms with van der Waals surface area (Å²) in [4.78, 5) is 15.3. The van der Waals surface area contributed by atoms with E-state index < -0.39 is 26.7 Å². The van der Waals surface area contributed by atoms with Crippen molar-refractivity contribution in [2.24, 2.45) is 11.1 Å². The zero-order valence-corrected chi connectivity index (χ0v) is 24.6. The van der Waals surface area contributed by atoms with Crippen molar-refractivity contribution in [3.8, 4) is 33.3 Å². The molecule has 220 valence electrons. The molecule has 1 saturated carbocycles. The number of carboxylic acids is 1. The Kier molecular flexibility index (Phi) is 7.36. The summed E-state index contributed by atoms with van der Waals surface area (Å²) in [5.41, 5.74) is 6.04. The number of halogens is 1. The summed E-state index contributed by atoms with van der Waals surface area (Å²) >= 11 is 1.17. The second-order valence-electron chi connectivity index (χ2n) is 10.7. The molecule has 1 aliphatic carbocycles. The maximum Gasteiger partial charge on any atom is 0.355 e. The van der Waals surface area contributed by atoms with Crippen LogP contribution in [0, 0.1) is 18.7 Å². The van der Waals surface area contributed by atoms with Gasteiger partial charge in [-0.05, 0) is 84.7 Å². The zero-order valence-electron chi connectivity index (χ0n) is 23.0. The molecule has 5 aromatic rings. The molecule has 0 unspecified atom stereocenters. The first-order chi connectivity index (χ1) is 20.5. The van der Waals surface area contributed by atoms with Crippen molar-refractivity contribution >= 4 is 27.3 Å². The summed E-state index contributed by atoms with van der Waals surface area (Å²) in [5, 5.41) is 31.5. The van der Waals surface area contributed by atoms with Crippen molar-refractivity contribution in [3.05, 3.63) is 99.9 Å². The smallest absolute Gasteiger partial charge is 0.355 e. The lowest BCUT2D eigenvalue weighted by atomic mass is 9.95. The number of nitrogens with zero attached hydrogens (tertiary/aromatic N) is 3. The van der Waals surface area contributed by atoms with Gasteiger partial charge in [0.25, 0.3) is 0 Å². The van der Waals surface area contributed by atoms with E-state index in [1.165, 1.54) is 34.9 Å². The SMILES string of the molecule is Cc1cc(-c2cccc(-c3nn(-c4nc(C(=O)O)cs4)c(CC4CC4)c3Cc3ccc(S(N)(=O)=O)c(F)c3)c2)ccc1O. The van der Waals surface area contributed by atoms with Gasteiger partial charge in [-0.25, -0.2) is 32.4 Å². The number of sulfonamides is 1. The standard InChI is InChI=1S/C31H27FN4O5S2/c1-17-11-21(8-9-27(17)37)20-3-2-4-22(15-20)29-23(12-19-7-10-28(24(32)13-19)43(33,40)41)26(14-18-5-6-18)36(35-29)31-34-25(16-42-31)30(38)39/h2-4,7-11,13,15-16,18,37H,5-6,12,14H2,1H3,(H,38,39)(H2,33,40,41). The van der Waals surface area contributed by atoms with Gasteiger partial charge in [-0.1, -0.05) is 30.3 Å². The van der Waals surface area contributed by atoms with Crippen LogP contribution in [0.25, 0.3) is 27.5 Å². The number of primary sulfonamides is 1. The average molecular weight is 619 g/mol. The molecule has 3 aromatic carbocycles. The number of hydrogen-bond acceptors (Lipinski definition) is 7. The van der Waals surface area contributed by atoms with E-state index in [9.17, 15) is 27.8 Å². The molecule has 2 aromatic heterocycles. The van der Waals surface area contributed by atoms with Gasteiger partial charge in [0.2, 0.25) is 15.2 Å². The molecular weight excluding hydrogens is 591 g/mol. The zero-order chi connectivity index (χ0) is 30.5. The van der Waals surface area contributed by atoms with Gasteiger partial charge in [-0.15, -0.1) is 11.3 Å². The number of aromatic nitrogens is 3. The van der Waals surface area contributed by atoms with E-state index in [4.69, 9.17) is 10.2 Å². The lowest BCUT2D eigenvalue weighted by Crippen LogP contribution is -2.14. The molecule has 0 bridgehead atoms. The molecule has 6 rings (SSSR count). The van der Waals surface area contributed by atoms with Gasteiger partial charge in [-0.3, -0.25) is 0 Å². The number of phenols is 1. The van der Waals surface area contributed by atoms with Gasteiger partial charge in [0, 0.05) is 22.9 Å². The highest BCUT2D eigenvalue weighted by atomic mass is 32.2. The lowest BCUT2D eigenvalue weighted by molar-refractivity contribution is 0.0691. The van der Waals surface area contributed by atoms with Crippen LogP contribution in [0.4, 0.5) is 4.39 Å². The second kappa shape index (κ2) is 11.0. The van der Waals surface area contributed by atoms with Crippen molar-refractivity contribution in [1.29, 1.82) is 0 Å². The topological polar surface area (TPSA) is 148 Å². The minimum absolute atomic E-state index is 0.0821. The minimum Gasteiger partial charge on any atom is -0.508 e. The largest absolute Gasteiger partial charge is 0.508 e. The molecule has 1 aliphatic rings. The third-order valence-corrected chi connectivity index (χ3v) is 9.27. The first-order valence-corrected chi connectivity index (χ1v) is 15.9. The number of aromatic hydroxyl groups is 1. The van der Waals surface area contributed by atoms with E-state index in [0.717, 1.165) is 46.4 Å². The Morgan fingerprint density at radius 3 is 2.49 bits per heavy atom. The number of nitrogens with two attached hydrogens (primary N) is 1. The molecule has 43 heavy (non-hydrogen) atoms. The Morgan fingerprint density at radius 1 is 1.09 bits per heavy atom. The van der Waals surface area contributed by atoms with Gasteiger partial charge < -0.3 is 10.2 Å². The first kappa shape index (κ1) is 28.7. The molecule has 2 heterocycles. The van der Waals surface area contributed by atoms with Crippen LogP contribution >= 0.6 is 11.3 Å². The van der Waals surface area contributed by atoms with Gasteiger partial charge in [-0.2, -0.15) is 5.10 Å². The van der Waals surface area contributed by atoms with E-state index in [0.29, 0.717) is 28.7 Å². The predicted octanol–water partition coefficient (Wildman–Crippen LogP) is 5.70. The van der Waals surface area contributed by atoms with Crippen LogP contribution < -0.4 is 5.14 Å². The Bertz CT molecular complexity index is 2000. The fraction of sp³-hybridized carbons (Fsp3) is 0.194. The summed E-state index contributed by atoms with van der Waals surface area (Å²) < 4.78 is 40.2. The molecular formula is C31H27FN4O5S2. The van der Waals surface area contributed by atoms with Crippen molar-refractivity contribution < 1.29 is 27.8 Å². The molecule has 0 saturated heterocycles. The normalized spacial score (nSPS) is 13.4. The van der Waals surface area contributed by atoms with E-state index >= 15 is 0 Å². The number of aromatic carboxylic acids is 1. The Morgan fingerprint density at radius 2 is 1.84 bits per heavy atom. The van der Waals surface area contributed by atoms with Gasteiger partial charge >= 0.3 is 5.97 Å². The molecule has 0 spiro atoms. The Labute approximate surface area is 251 Å².